The minimum atomic E-state index is -1.14. The van der Waals surface area contributed by atoms with Gasteiger partial charge in [0.25, 0.3) is 0 Å². The Morgan fingerprint density at radius 1 is 1.29 bits per heavy atom. The lowest BCUT2D eigenvalue weighted by molar-refractivity contribution is 0.0690. The SMILES string of the molecule is O=C(NCCn1cc(C(=O)O)nn1)NCc1ccccn1. The number of carboxylic acids is 1. The first kappa shape index (κ1) is 14.4. The first-order valence-corrected chi connectivity index (χ1v) is 6.20. The van der Waals surface area contributed by atoms with Gasteiger partial charge in [-0.1, -0.05) is 11.3 Å². The van der Waals surface area contributed by atoms with Crippen molar-refractivity contribution in [2.24, 2.45) is 0 Å². The molecule has 2 rings (SSSR count). The Morgan fingerprint density at radius 2 is 2.14 bits per heavy atom. The number of pyridine rings is 1. The lowest BCUT2D eigenvalue weighted by Crippen LogP contribution is -2.37. The van der Waals surface area contributed by atoms with E-state index in [-0.39, 0.29) is 11.7 Å². The van der Waals surface area contributed by atoms with Gasteiger partial charge in [0.1, 0.15) is 0 Å². The molecule has 0 saturated heterocycles. The van der Waals surface area contributed by atoms with E-state index in [0.29, 0.717) is 19.6 Å². The first-order chi connectivity index (χ1) is 10.1. The van der Waals surface area contributed by atoms with Gasteiger partial charge in [0, 0.05) is 12.7 Å². The lowest BCUT2D eigenvalue weighted by Gasteiger charge is -2.06. The standard InChI is InChI=1S/C12H14N6O3/c19-11(20)10-8-18(17-16-10)6-5-14-12(21)15-7-9-3-1-2-4-13-9/h1-4,8H,5-7H2,(H,19,20)(H2,14,15,21). The van der Waals surface area contributed by atoms with E-state index in [9.17, 15) is 9.59 Å². The van der Waals surface area contributed by atoms with Crippen LogP contribution in [-0.2, 0) is 13.1 Å². The Hall–Kier alpha value is -2.97. The summed E-state index contributed by atoms with van der Waals surface area (Å²) >= 11 is 0. The van der Waals surface area contributed by atoms with Crippen LogP contribution in [-0.4, -0.2) is 43.6 Å². The molecule has 9 nitrogen and oxygen atoms in total. The maximum absolute atomic E-state index is 11.5. The fourth-order valence-electron chi connectivity index (χ4n) is 1.53. The third kappa shape index (κ3) is 4.56. The number of carbonyl (C=O) groups is 2. The van der Waals surface area contributed by atoms with Crippen LogP contribution < -0.4 is 10.6 Å². The van der Waals surface area contributed by atoms with Crippen LogP contribution in [0.4, 0.5) is 4.79 Å². The Morgan fingerprint density at radius 3 is 2.81 bits per heavy atom. The third-order valence-electron chi connectivity index (χ3n) is 2.54. The van der Waals surface area contributed by atoms with Gasteiger partial charge in [0.05, 0.1) is 25.0 Å². The zero-order valence-corrected chi connectivity index (χ0v) is 11.1. The highest BCUT2D eigenvalue weighted by atomic mass is 16.4. The molecule has 2 aromatic rings. The molecule has 3 N–H and O–H groups in total. The highest BCUT2D eigenvalue weighted by Gasteiger charge is 2.08. The molecular weight excluding hydrogens is 276 g/mol. The Bertz CT molecular complexity index is 612. The number of aromatic carboxylic acids is 1. The van der Waals surface area contributed by atoms with Gasteiger partial charge in [0.15, 0.2) is 5.69 Å². The van der Waals surface area contributed by atoms with E-state index in [1.165, 1.54) is 10.9 Å². The number of nitrogens with zero attached hydrogens (tertiary/aromatic N) is 4. The summed E-state index contributed by atoms with van der Waals surface area (Å²) in [5.74, 6) is -1.14. The second kappa shape index (κ2) is 6.98. The van der Waals surface area contributed by atoms with E-state index in [1.807, 2.05) is 12.1 Å². The number of carbonyl (C=O) groups excluding carboxylic acids is 1. The van der Waals surface area contributed by atoms with E-state index in [0.717, 1.165) is 5.69 Å². The second-order valence-corrected chi connectivity index (χ2v) is 4.10. The summed E-state index contributed by atoms with van der Waals surface area (Å²) in [6, 6.07) is 5.11. The van der Waals surface area contributed by atoms with Gasteiger partial charge in [-0.15, -0.1) is 5.10 Å². The van der Waals surface area contributed by atoms with Gasteiger partial charge < -0.3 is 15.7 Å². The van der Waals surface area contributed by atoms with Gasteiger partial charge in [-0.3, -0.25) is 4.98 Å². The first-order valence-electron chi connectivity index (χ1n) is 6.20. The van der Waals surface area contributed by atoms with Crippen LogP contribution in [0.5, 0.6) is 0 Å². The van der Waals surface area contributed by atoms with Crippen molar-refractivity contribution in [1.82, 2.24) is 30.6 Å². The minimum absolute atomic E-state index is 0.130. The number of aromatic nitrogens is 4. The average molecular weight is 290 g/mol. The van der Waals surface area contributed by atoms with Crippen molar-refractivity contribution in [3.05, 3.63) is 42.0 Å². The third-order valence-corrected chi connectivity index (χ3v) is 2.54. The Kier molecular flexibility index (Phi) is 4.80. The maximum Gasteiger partial charge on any atom is 0.358 e. The average Bonchev–Trinajstić information content (AvgIpc) is 2.95. The van der Waals surface area contributed by atoms with Gasteiger partial charge >= 0.3 is 12.0 Å². The summed E-state index contributed by atoms with van der Waals surface area (Å²) in [5, 5.41) is 21.1. The molecule has 0 aliphatic rings. The quantitative estimate of drug-likeness (QED) is 0.681. The van der Waals surface area contributed by atoms with E-state index < -0.39 is 5.97 Å². The van der Waals surface area contributed by atoms with Gasteiger partial charge in [-0.25, -0.2) is 14.3 Å². The van der Waals surface area contributed by atoms with Crippen molar-refractivity contribution in [3.63, 3.8) is 0 Å². The molecule has 0 unspecified atom stereocenters. The maximum atomic E-state index is 11.5. The summed E-state index contributed by atoms with van der Waals surface area (Å²) in [6.07, 6.45) is 2.95. The summed E-state index contributed by atoms with van der Waals surface area (Å²) < 4.78 is 1.35. The van der Waals surface area contributed by atoms with Gasteiger partial charge in [-0.05, 0) is 12.1 Å². The molecule has 110 valence electrons. The van der Waals surface area contributed by atoms with E-state index in [1.54, 1.807) is 12.3 Å². The molecule has 0 aromatic carbocycles. The molecule has 0 saturated carbocycles. The Labute approximate surface area is 120 Å². The predicted molar refractivity (Wildman–Crippen MR) is 71.5 cm³/mol. The van der Waals surface area contributed by atoms with Crippen LogP contribution in [0.25, 0.3) is 0 Å². The summed E-state index contributed by atoms with van der Waals surface area (Å²) in [5.41, 5.74) is 0.629. The number of carboxylic acid groups (broad SMARTS) is 1. The highest BCUT2D eigenvalue weighted by molar-refractivity contribution is 5.84. The molecule has 21 heavy (non-hydrogen) atoms. The topological polar surface area (TPSA) is 122 Å². The molecule has 0 spiro atoms. The van der Waals surface area contributed by atoms with Crippen LogP contribution >= 0.6 is 0 Å². The van der Waals surface area contributed by atoms with E-state index in [2.05, 4.69) is 25.9 Å². The van der Waals surface area contributed by atoms with Crippen molar-refractivity contribution >= 4 is 12.0 Å². The number of nitrogens with one attached hydrogen (secondary N) is 2. The van der Waals surface area contributed by atoms with Gasteiger partial charge in [-0.2, -0.15) is 0 Å². The molecule has 0 fully saturated rings. The van der Waals surface area contributed by atoms with Crippen molar-refractivity contribution in [2.75, 3.05) is 6.54 Å². The van der Waals surface area contributed by atoms with Crippen LogP contribution in [0.3, 0.4) is 0 Å². The summed E-state index contributed by atoms with van der Waals surface area (Å²) in [6.45, 7) is 0.965. The monoisotopic (exact) mass is 290 g/mol. The highest BCUT2D eigenvalue weighted by Crippen LogP contribution is 1.93. The fraction of sp³-hybridized carbons (Fsp3) is 0.250. The van der Waals surface area contributed by atoms with Crippen LogP contribution in [0.15, 0.2) is 30.6 Å². The molecule has 2 amide bonds. The van der Waals surface area contributed by atoms with Crippen LogP contribution in [0.1, 0.15) is 16.2 Å². The molecule has 9 heteroatoms. The second-order valence-electron chi connectivity index (χ2n) is 4.10. The largest absolute Gasteiger partial charge is 0.476 e. The molecule has 0 bridgehead atoms. The fourth-order valence-corrected chi connectivity index (χ4v) is 1.53. The summed E-state index contributed by atoms with van der Waals surface area (Å²) in [4.78, 5) is 26.2. The molecule has 0 aliphatic carbocycles. The minimum Gasteiger partial charge on any atom is -0.476 e. The summed E-state index contributed by atoms with van der Waals surface area (Å²) in [7, 11) is 0. The zero-order valence-electron chi connectivity index (χ0n) is 11.1. The molecular formula is C12H14N6O3. The van der Waals surface area contributed by atoms with Crippen molar-refractivity contribution in [2.45, 2.75) is 13.1 Å². The number of rotatable bonds is 6. The number of hydrogen-bond acceptors (Lipinski definition) is 5. The predicted octanol–water partition coefficient (Wildman–Crippen LogP) is -0.129. The van der Waals surface area contributed by atoms with Crippen LogP contribution in [0.2, 0.25) is 0 Å². The lowest BCUT2D eigenvalue weighted by atomic mass is 10.3. The molecule has 0 aliphatic heterocycles. The normalized spacial score (nSPS) is 10.1. The Balaban J connectivity index is 1.68. The van der Waals surface area contributed by atoms with Crippen molar-refractivity contribution in [3.8, 4) is 0 Å². The number of urea groups is 1. The molecule has 0 radical (unpaired) electrons. The van der Waals surface area contributed by atoms with Crippen molar-refractivity contribution < 1.29 is 14.7 Å². The zero-order chi connectivity index (χ0) is 15.1. The molecule has 2 aromatic heterocycles. The number of hydrogen-bond donors (Lipinski definition) is 3. The number of amides is 2. The van der Waals surface area contributed by atoms with Crippen LogP contribution in [0, 0.1) is 0 Å². The van der Waals surface area contributed by atoms with Gasteiger partial charge in [0.2, 0.25) is 0 Å². The molecule has 2 heterocycles. The van der Waals surface area contributed by atoms with E-state index in [4.69, 9.17) is 5.11 Å². The van der Waals surface area contributed by atoms with E-state index >= 15 is 0 Å². The molecule has 0 atom stereocenters. The smallest absolute Gasteiger partial charge is 0.358 e. The van der Waals surface area contributed by atoms with Crippen molar-refractivity contribution in [1.29, 1.82) is 0 Å².